The van der Waals surface area contributed by atoms with Gasteiger partial charge in [-0.2, -0.15) is 0 Å². The Morgan fingerprint density at radius 1 is 1.19 bits per heavy atom. The Kier molecular flexibility index (Phi) is 9.04. The van der Waals surface area contributed by atoms with Gasteiger partial charge < -0.3 is 16.0 Å². The Labute approximate surface area is 191 Å². The van der Waals surface area contributed by atoms with Crippen molar-refractivity contribution in [3.8, 4) is 0 Å². The first-order chi connectivity index (χ1) is 15.5. The van der Waals surface area contributed by atoms with Crippen molar-refractivity contribution in [3.05, 3.63) is 59.8 Å². The summed E-state index contributed by atoms with van der Waals surface area (Å²) >= 11 is 0. The van der Waals surface area contributed by atoms with Crippen LogP contribution in [0.5, 0.6) is 0 Å². The third-order valence-electron chi connectivity index (χ3n) is 5.69. The van der Waals surface area contributed by atoms with Gasteiger partial charge in [0, 0.05) is 43.8 Å². The van der Waals surface area contributed by atoms with Gasteiger partial charge in [0.25, 0.3) is 0 Å². The van der Waals surface area contributed by atoms with Gasteiger partial charge in [0.2, 0.25) is 5.91 Å². The van der Waals surface area contributed by atoms with Crippen molar-refractivity contribution in [1.82, 2.24) is 20.5 Å². The van der Waals surface area contributed by atoms with Gasteiger partial charge in [0.1, 0.15) is 5.82 Å². The zero-order valence-electron chi connectivity index (χ0n) is 19.5. The molecule has 1 aromatic carbocycles. The number of amides is 1. The van der Waals surface area contributed by atoms with E-state index in [0.717, 1.165) is 44.1 Å². The molecular formula is C25H36N6O. The van der Waals surface area contributed by atoms with Crippen LogP contribution in [0.2, 0.25) is 0 Å². The summed E-state index contributed by atoms with van der Waals surface area (Å²) in [6.45, 7) is 9.51. The molecule has 0 aliphatic carbocycles. The monoisotopic (exact) mass is 436 g/mol. The molecule has 2 atom stereocenters. The quantitative estimate of drug-likeness (QED) is 0.437. The van der Waals surface area contributed by atoms with E-state index < -0.39 is 0 Å². The number of carbonyl (C=O) groups is 1. The number of likely N-dealkylation sites (tertiary alicyclic amines) is 1. The predicted octanol–water partition coefficient (Wildman–Crippen LogP) is 3.33. The number of aromatic nitrogens is 1. The molecule has 1 amide bonds. The summed E-state index contributed by atoms with van der Waals surface area (Å²) in [7, 11) is 0. The van der Waals surface area contributed by atoms with E-state index in [4.69, 9.17) is 0 Å². The van der Waals surface area contributed by atoms with Gasteiger partial charge >= 0.3 is 0 Å². The molecule has 2 heterocycles. The number of aliphatic imine (C=N–C) groups is 1. The largest absolute Gasteiger partial charge is 0.357 e. The maximum absolute atomic E-state index is 12.2. The Balaban J connectivity index is 1.46. The van der Waals surface area contributed by atoms with Crippen molar-refractivity contribution in [3.63, 3.8) is 0 Å². The average Bonchev–Trinajstić information content (AvgIpc) is 2.76. The molecule has 7 nitrogen and oxygen atoms in total. The summed E-state index contributed by atoms with van der Waals surface area (Å²) < 4.78 is 0. The van der Waals surface area contributed by atoms with Crippen LogP contribution in [0.15, 0.2) is 53.5 Å². The van der Waals surface area contributed by atoms with Crippen molar-refractivity contribution in [2.24, 2.45) is 4.99 Å². The summed E-state index contributed by atoms with van der Waals surface area (Å²) in [5.74, 6) is 1.29. The minimum absolute atomic E-state index is 0.0782. The van der Waals surface area contributed by atoms with Gasteiger partial charge in [-0.25, -0.2) is 4.98 Å². The molecule has 0 radical (unpaired) electrons. The number of rotatable bonds is 8. The molecule has 0 spiro atoms. The first kappa shape index (κ1) is 23.7. The molecule has 7 heteroatoms. The lowest BCUT2D eigenvalue weighted by molar-refractivity contribution is -0.116. The van der Waals surface area contributed by atoms with Gasteiger partial charge in [-0.15, -0.1) is 0 Å². The van der Waals surface area contributed by atoms with Gasteiger partial charge in [0.05, 0.1) is 6.54 Å². The number of hydrogen-bond donors (Lipinski definition) is 3. The van der Waals surface area contributed by atoms with Crippen LogP contribution in [-0.4, -0.2) is 53.5 Å². The Morgan fingerprint density at radius 2 is 2.00 bits per heavy atom. The highest BCUT2D eigenvalue weighted by molar-refractivity contribution is 5.90. The van der Waals surface area contributed by atoms with Crippen LogP contribution in [0.1, 0.15) is 44.4 Å². The number of carbonyl (C=O) groups excluding carboxylic acids is 1. The third-order valence-corrected chi connectivity index (χ3v) is 5.69. The number of benzene rings is 1. The maximum Gasteiger partial charge on any atom is 0.227 e. The van der Waals surface area contributed by atoms with E-state index in [1.165, 1.54) is 5.56 Å². The van der Waals surface area contributed by atoms with Gasteiger partial charge in [-0.3, -0.25) is 14.7 Å². The van der Waals surface area contributed by atoms with Crippen LogP contribution in [0, 0.1) is 6.92 Å². The number of piperidine rings is 1. The molecule has 1 aliphatic rings. The summed E-state index contributed by atoms with van der Waals surface area (Å²) in [5.41, 5.74) is 2.24. The van der Waals surface area contributed by atoms with Crippen molar-refractivity contribution >= 4 is 17.7 Å². The van der Waals surface area contributed by atoms with Crippen LogP contribution in [-0.2, 0) is 11.3 Å². The number of pyridine rings is 1. The van der Waals surface area contributed by atoms with E-state index in [0.29, 0.717) is 30.9 Å². The summed E-state index contributed by atoms with van der Waals surface area (Å²) in [5, 5.41) is 9.71. The molecule has 172 valence electrons. The zero-order chi connectivity index (χ0) is 22.8. The molecule has 3 rings (SSSR count). The molecule has 3 N–H and O–H groups in total. The number of guanidine groups is 1. The van der Waals surface area contributed by atoms with Crippen LogP contribution in [0.3, 0.4) is 0 Å². The van der Waals surface area contributed by atoms with Gasteiger partial charge in [-0.05, 0) is 51.3 Å². The molecule has 2 unspecified atom stereocenters. The van der Waals surface area contributed by atoms with Crippen molar-refractivity contribution in [1.29, 1.82) is 0 Å². The minimum atomic E-state index is -0.0782. The fourth-order valence-corrected chi connectivity index (χ4v) is 4.01. The lowest BCUT2D eigenvalue weighted by Crippen LogP contribution is -2.51. The molecular weight excluding hydrogens is 400 g/mol. The molecule has 1 fully saturated rings. The topological polar surface area (TPSA) is 81.6 Å². The Bertz CT molecular complexity index is 885. The lowest BCUT2D eigenvalue weighted by atomic mass is 9.97. The molecule has 0 saturated carbocycles. The number of nitrogens with zero attached hydrogens (tertiary/aromatic N) is 3. The van der Waals surface area contributed by atoms with E-state index >= 15 is 0 Å². The molecule has 1 aliphatic heterocycles. The number of hydrogen-bond acceptors (Lipinski definition) is 4. The van der Waals surface area contributed by atoms with Crippen molar-refractivity contribution < 1.29 is 4.79 Å². The minimum Gasteiger partial charge on any atom is -0.357 e. The van der Waals surface area contributed by atoms with E-state index in [9.17, 15) is 4.79 Å². The van der Waals surface area contributed by atoms with Crippen LogP contribution >= 0.6 is 0 Å². The van der Waals surface area contributed by atoms with E-state index in [2.05, 4.69) is 75.0 Å². The highest BCUT2D eigenvalue weighted by Crippen LogP contribution is 2.20. The smallest absolute Gasteiger partial charge is 0.227 e. The molecule has 1 aromatic heterocycles. The highest BCUT2D eigenvalue weighted by Gasteiger charge is 2.26. The number of aryl methyl sites for hydroxylation is 1. The molecule has 1 saturated heterocycles. The summed E-state index contributed by atoms with van der Waals surface area (Å²) in [4.78, 5) is 23.7. The Morgan fingerprint density at radius 3 is 2.72 bits per heavy atom. The lowest BCUT2D eigenvalue weighted by Gasteiger charge is -2.38. The van der Waals surface area contributed by atoms with Crippen molar-refractivity contribution in [2.45, 2.75) is 58.7 Å². The van der Waals surface area contributed by atoms with E-state index in [1.807, 2.05) is 19.1 Å². The fourth-order valence-electron chi connectivity index (χ4n) is 4.01. The maximum atomic E-state index is 12.2. The second-order valence-electron chi connectivity index (χ2n) is 8.39. The summed E-state index contributed by atoms with van der Waals surface area (Å²) in [6, 6.07) is 17.1. The SMILES string of the molecule is CCNC(=NCCC(=O)Nc1cccc(C)n1)NC1CCN(Cc2ccccc2)C(C)C1. The number of anilines is 1. The van der Waals surface area contributed by atoms with E-state index in [1.54, 1.807) is 6.07 Å². The van der Waals surface area contributed by atoms with Crippen LogP contribution in [0.4, 0.5) is 5.82 Å². The fraction of sp³-hybridized carbons (Fsp3) is 0.480. The summed E-state index contributed by atoms with van der Waals surface area (Å²) in [6.07, 6.45) is 2.45. The second kappa shape index (κ2) is 12.2. The van der Waals surface area contributed by atoms with Gasteiger partial charge in [0.15, 0.2) is 5.96 Å². The third kappa shape index (κ3) is 7.64. The molecule has 32 heavy (non-hydrogen) atoms. The van der Waals surface area contributed by atoms with E-state index in [-0.39, 0.29) is 5.91 Å². The number of nitrogens with one attached hydrogen (secondary N) is 3. The highest BCUT2D eigenvalue weighted by atomic mass is 16.1. The normalized spacial score (nSPS) is 19.4. The van der Waals surface area contributed by atoms with Crippen LogP contribution in [0.25, 0.3) is 0 Å². The first-order valence-electron chi connectivity index (χ1n) is 11.6. The molecule has 0 bridgehead atoms. The standard InChI is InChI=1S/C25H36N6O/c1-4-26-25(27-15-13-24(32)30-23-12-8-9-19(2)28-23)29-22-14-16-31(20(3)17-22)18-21-10-6-5-7-11-21/h5-12,20,22H,4,13-18H2,1-3H3,(H2,26,27,29)(H,28,30,32). The molecule has 2 aromatic rings. The van der Waals surface area contributed by atoms with Crippen molar-refractivity contribution in [2.75, 3.05) is 25.0 Å². The predicted molar refractivity (Wildman–Crippen MR) is 131 cm³/mol. The zero-order valence-corrected chi connectivity index (χ0v) is 19.5. The Hall–Kier alpha value is -2.93. The first-order valence-corrected chi connectivity index (χ1v) is 11.6. The van der Waals surface area contributed by atoms with Crippen LogP contribution < -0.4 is 16.0 Å². The second-order valence-corrected chi connectivity index (χ2v) is 8.39. The average molecular weight is 437 g/mol. The van der Waals surface area contributed by atoms with Gasteiger partial charge in [-0.1, -0.05) is 36.4 Å².